The van der Waals surface area contributed by atoms with Crippen LogP contribution in [-0.4, -0.2) is 26.7 Å². The molecule has 0 unspecified atom stereocenters. The summed E-state index contributed by atoms with van der Waals surface area (Å²) in [6.07, 6.45) is 7.26. The minimum absolute atomic E-state index is 0.245. The summed E-state index contributed by atoms with van der Waals surface area (Å²) < 4.78 is 3.00. The number of nitrogens with zero attached hydrogens (tertiary/aromatic N) is 2. The lowest BCUT2D eigenvalue weighted by Crippen LogP contribution is -2.40. The molecule has 1 fully saturated rings. The standard InChI is InChI=1S/C14H23N3O2S/c1-16-11(8-12(18)17(2)13(16)19)9-15-10-14(20-3)6-4-5-7-14/h8,15H,4-7,9-10H2,1-3H3. The van der Waals surface area contributed by atoms with Crippen molar-refractivity contribution in [2.24, 2.45) is 14.1 Å². The second-order valence-electron chi connectivity index (χ2n) is 5.57. The monoisotopic (exact) mass is 297 g/mol. The molecular formula is C14H23N3O2S. The first-order valence-electron chi connectivity index (χ1n) is 7.01. The Bertz CT molecular complexity index is 585. The summed E-state index contributed by atoms with van der Waals surface area (Å²) in [7, 11) is 3.21. The Morgan fingerprint density at radius 2 is 1.90 bits per heavy atom. The van der Waals surface area contributed by atoms with E-state index in [0.29, 0.717) is 11.3 Å². The van der Waals surface area contributed by atoms with E-state index >= 15 is 0 Å². The largest absolute Gasteiger partial charge is 0.330 e. The van der Waals surface area contributed by atoms with Gasteiger partial charge in [0.2, 0.25) is 0 Å². The summed E-state index contributed by atoms with van der Waals surface area (Å²) in [5, 5.41) is 3.42. The molecule has 5 nitrogen and oxygen atoms in total. The van der Waals surface area contributed by atoms with Crippen molar-refractivity contribution in [3.05, 3.63) is 32.6 Å². The average Bonchev–Trinajstić information content (AvgIpc) is 2.91. The summed E-state index contributed by atoms with van der Waals surface area (Å²) in [5.41, 5.74) is 0.229. The Morgan fingerprint density at radius 1 is 1.25 bits per heavy atom. The number of nitrogens with one attached hydrogen (secondary N) is 1. The van der Waals surface area contributed by atoms with Crippen molar-refractivity contribution in [1.82, 2.24) is 14.5 Å². The van der Waals surface area contributed by atoms with E-state index in [1.54, 1.807) is 7.05 Å². The Labute approximate surface area is 123 Å². The van der Waals surface area contributed by atoms with Crippen molar-refractivity contribution in [2.45, 2.75) is 37.0 Å². The fraction of sp³-hybridized carbons (Fsp3) is 0.714. The SMILES string of the molecule is CSC1(CNCc2cc(=O)n(C)c(=O)n2C)CCCC1. The van der Waals surface area contributed by atoms with E-state index in [0.717, 1.165) is 16.8 Å². The third-order valence-corrected chi connectivity index (χ3v) is 5.75. The second kappa shape index (κ2) is 6.18. The summed E-state index contributed by atoms with van der Waals surface area (Å²) in [6.45, 7) is 1.49. The van der Waals surface area contributed by atoms with Crippen molar-refractivity contribution in [3.63, 3.8) is 0 Å². The molecule has 0 amide bonds. The topological polar surface area (TPSA) is 56.0 Å². The first-order valence-corrected chi connectivity index (χ1v) is 8.23. The van der Waals surface area contributed by atoms with Crippen LogP contribution in [0.2, 0.25) is 0 Å². The quantitative estimate of drug-likeness (QED) is 0.875. The molecule has 0 aliphatic heterocycles. The fourth-order valence-corrected chi connectivity index (χ4v) is 3.78. The molecule has 1 heterocycles. The zero-order valence-corrected chi connectivity index (χ0v) is 13.3. The summed E-state index contributed by atoms with van der Waals surface area (Å²) in [6, 6.07) is 1.54. The van der Waals surface area contributed by atoms with Crippen LogP contribution in [-0.2, 0) is 20.6 Å². The van der Waals surface area contributed by atoms with Crippen LogP contribution in [0.4, 0.5) is 0 Å². The molecule has 1 N–H and O–H groups in total. The molecule has 1 saturated carbocycles. The molecule has 6 heteroatoms. The third-order valence-electron chi connectivity index (χ3n) is 4.33. The van der Waals surface area contributed by atoms with Gasteiger partial charge < -0.3 is 5.32 Å². The maximum absolute atomic E-state index is 11.8. The van der Waals surface area contributed by atoms with Crippen LogP contribution in [0.1, 0.15) is 31.4 Å². The molecule has 20 heavy (non-hydrogen) atoms. The fourth-order valence-electron chi connectivity index (χ4n) is 2.84. The lowest BCUT2D eigenvalue weighted by Gasteiger charge is -2.27. The molecule has 2 rings (SSSR count). The van der Waals surface area contributed by atoms with Crippen LogP contribution in [0.25, 0.3) is 0 Å². The zero-order valence-electron chi connectivity index (χ0n) is 12.4. The van der Waals surface area contributed by atoms with Crippen molar-refractivity contribution in [2.75, 3.05) is 12.8 Å². The number of aromatic nitrogens is 2. The number of rotatable bonds is 5. The van der Waals surface area contributed by atoms with Crippen LogP contribution in [0.3, 0.4) is 0 Å². The van der Waals surface area contributed by atoms with E-state index in [1.807, 2.05) is 11.8 Å². The Kier molecular flexibility index (Phi) is 4.75. The van der Waals surface area contributed by atoms with E-state index in [2.05, 4.69) is 11.6 Å². The molecule has 112 valence electrons. The predicted molar refractivity (Wildman–Crippen MR) is 83.3 cm³/mol. The third kappa shape index (κ3) is 3.01. The van der Waals surface area contributed by atoms with Gasteiger partial charge >= 0.3 is 5.69 Å². The second-order valence-corrected chi connectivity index (χ2v) is 6.85. The van der Waals surface area contributed by atoms with Gasteiger partial charge in [-0.25, -0.2) is 4.79 Å². The molecule has 1 aliphatic rings. The van der Waals surface area contributed by atoms with Crippen LogP contribution in [0.5, 0.6) is 0 Å². The maximum atomic E-state index is 11.8. The van der Waals surface area contributed by atoms with E-state index in [4.69, 9.17) is 0 Å². The average molecular weight is 297 g/mol. The molecule has 0 atom stereocenters. The molecule has 0 spiro atoms. The van der Waals surface area contributed by atoms with Crippen molar-refractivity contribution in [1.29, 1.82) is 0 Å². The van der Waals surface area contributed by atoms with Crippen LogP contribution < -0.4 is 16.6 Å². The van der Waals surface area contributed by atoms with Crippen molar-refractivity contribution in [3.8, 4) is 0 Å². The van der Waals surface area contributed by atoms with Gasteiger partial charge in [-0.15, -0.1) is 0 Å². The van der Waals surface area contributed by atoms with Gasteiger partial charge in [0.15, 0.2) is 0 Å². The van der Waals surface area contributed by atoms with Crippen LogP contribution in [0.15, 0.2) is 15.7 Å². The normalized spacial score (nSPS) is 17.6. The smallest absolute Gasteiger partial charge is 0.310 e. The van der Waals surface area contributed by atoms with E-state index < -0.39 is 0 Å². The molecule has 0 bridgehead atoms. The maximum Gasteiger partial charge on any atom is 0.330 e. The Morgan fingerprint density at radius 3 is 2.50 bits per heavy atom. The van der Waals surface area contributed by atoms with Gasteiger partial charge in [0.05, 0.1) is 0 Å². The lowest BCUT2D eigenvalue weighted by molar-refractivity contribution is 0.518. The highest BCUT2D eigenvalue weighted by atomic mass is 32.2. The predicted octanol–water partition coefficient (Wildman–Crippen LogP) is 0.849. The summed E-state index contributed by atoms with van der Waals surface area (Å²) in [5.74, 6) is 0. The van der Waals surface area contributed by atoms with Gasteiger partial charge in [-0.3, -0.25) is 13.9 Å². The first-order chi connectivity index (χ1) is 9.49. The van der Waals surface area contributed by atoms with Gasteiger partial charge in [-0.1, -0.05) is 12.8 Å². The van der Waals surface area contributed by atoms with Crippen LogP contribution in [0, 0.1) is 0 Å². The van der Waals surface area contributed by atoms with Gasteiger partial charge in [-0.2, -0.15) is 11.8 Å². The molecule has 0 aromatic carbocycles. The summed E-state index contributed by atoms with van der Waals surface area (Å²) >= 11 is 1.93. The van der Waals surface area contributed by atoms with Crippen molar-refractivity contribution < 1.29 is 0 Å². The minimum Gasteiger partial charge on any atom is -0.310 e. The van der Waals surface area contributed by atoms with E-state index in [1.165, 1.54) is 43.4 Å². The lowest BCUT2D eigenvalue weighted by atomic mass is 10.1. The molecule has 1 aliphatic carbocycles. The Balaban J connectivity index is 2.05. The van der Waals surface area contributed by atoms with Gasteiger partial charge in [0, 0.05) is 43.7 Å². The van der Waals surface area contributed by atoms with Gasteiger partial charge in [0.25, 0.3) is 5.56 Å². The summed E-state index contributed by atoms with van der Waals surface area (Å²) in [4.78, 5) is 23.5. The van der Waals surface area contributed by atoms with Crippen LogP contribution >= 0.6 is 11.8 Å². The molecule has 0 radical (unpaired) electrons. The highest BCUT2D eigenvalue weighted by molar-refractivity contribution is 8.00. The molecule has 1 aromatic heterocycles. The minimum atomic E-state index is -0.269. The van der Waals surface area contributed by atoms with Crippen molar-refractivity contribution >= 4 is 11.8 Å². The zero-order chi connectivity index (χ0) is 14.8. The molecule has 0 saturated heterocycles. The van der Waals surface area contributed by atoms with E-state index in [-0.39, 0.29) is 11.2 Å². The van der Waals surface area contributed by atoms with Gasteiger partial charge in [0.1, 0.15) is 0 Å². The van der Waals surface area contributed by atoms with Gasteiger partial charge in [-0.05, 0) is 19.1 Å². The highest BCUT2D eigenvalue weighted by Crippen LogP contribution is 2.39. The molecule has 1 aromatic rings. The molecular weight excluding hydrogens is 274 g/mol. The highest BCUT2D eigenvalue weighted by Gasteiger charge is 2.32. The number of hydrogen-bond donors (Lipinski definition) is 1. The number of hydrogen-bond acceptors (Lipinski definition) is 4. The first kappa shape index (κ1) is 15.4. The Hall–Kier alpha value is -1.01. The van der Waals surface area contributed by atoms with E-state index in [9.17, 15) is 9.59 Å². The number of thioether (sulfide) groups is 1.